The normalized spacial score (nSPS) is 26.1. The number of allylic oxidation sites excluding steroid dienone is 3. The fraction of sp³-hybridized carbons (Fsp3) is 0.476. The van der Waals surface area contributed by atoms with Crippen LogP contribution in [-0.2, 0) is 4.79 Å². The summed E-state index contributed by atoms with van der Waals surface area (Å²) >= 11 is 0. The molecule has 0 aliphatic heterocycles. The maximum absolute atomic E-state index is 12.8. The van der Waals surface area contributed by atoms with Crippen molar-refractivity contribution in [3.8, 4) is 5.75 Å². The maximum atomic E-state index is 12.8. The van der Waals surface area contributed by atoms with Gasteiger partial charge in [-0.1, -0.05) is 49.8 Å². The first-order valence-electron chi connectivity index (χ1n) is 8.57. The van der Waals surface area contributed by atoms with E-state index in [1.54, 1.807) is 0 Å². The third-order valence-corrected chi connectivity index (χ3v) is 5.45. The number of rotatable bonds is 3. The molecule has 0 saturated heterocycles. The molecule has 0 heterocycles. The van der Waals surface area contributed by atoms with Crippen molar-refractivity contribution in [1.82, 2.24) is 0 Å². The number of esters is 1. The summed E-state index contributed by atoms with van der Waals surface area (Å²) in [6, 6.07) is 5.96. The van der Waals surface area contributed by atoms with Gasteiger partial charge in [0.25, 0.3) is 0 Å². The van der Waals surface area contributed by atoms with Gasteiger partial charge in [-0.2, -0.15) is 0 Å². The van der Waals surface area contributed by atoms with Gasteiger partial charge >= 0.3 is 5.97 Å². The van der Waals surface area contributed by atoms with Crippen molar-refractivity contribution < 1.29 is 9.53 Å². The summed E-state index contributed by atoms with van der Waals surface area (Å²) in [6.07, 6.45) is 5.60. The van der Waals surface area contributed by atoms with Gasteiger partial charge in [-0.05, 0) is 56.1 Å². The summed E-state index contributed by atoms with van der Waals surface area (Å²) < 4.78 is 5.79. The third kappa shape index (κ3) is 2.87. The van der Waals surface area contributed by atoms with E-state index >= 15 is 0 Å². The zero-order valence-electron chi connectivity index (χ0n) is 14.7. The van der Waals surface area contributed by atoms with Crippen molar-refractivity contribution in [2.75, 3.05) is 0 Å². The van der Waals surface area contributed by atoms with Gasteiger partial charge in [0.1, 0.15) is 5.75 Å². The number of aryl methyl sites for hydroxylation is 2. The second kappa shape index (κ2) is 5.99. The van der Waals surface area contributed by atoms with Gasteiger partial charge in [0.05, 0.1) is 0 Å². The molecule has 1 aromatic carbocycles. The van der Waals surface area contributed by atoms with Gasteiger partial charge in [0.15, 0.2) is 0 Å². The molecule has 3 aliphatic rings. The molecule has 0 N–H and O–H groups in total. The molecule has 0 fully saturated rings. The van der Waals surface area contributed by atoms with Crippen molar-refractivity contribution in [2.24, 2.45) is 23.7 Å². The lowest BCUT2D eigenvalue weighted by molar-refractivity contribution is -0.131. The minimum atomic E-state index is -0.175. The van der Waals surface area contributed by atoms with Gasteiger partial charge in [-0.3, -0.25) is 0 Å². The Hall–Kier alpha value is -1.83. The molecule has 4 rings (SSSR count). The molecule has 2 heteroatoms. The summed E-state index contributed by atoms with van der Waals surface area (Å²) in [5.74, 6) is 2.25. The number of carbonyl (C=O) groups excluding carboxylic acids is 1. The first kappa shape index (κ1) is 16.0. The van der Waals surface area contributed by atoms with E-state index in [0.717, 1.165) is 23.1 Å². The van der Waals surface area contributed by atoms with E-state index in [2.05, 4.69) is 32.9 Å². The van der Waals surface area contributed by atoms with Crippen molar-refractivity contribution in [3.63, 3.8) is 0 Å². The lowest BCUT2D eigenvalue weighted by Crippen LogP contribution is -2.36. The van der Waals surface area contributed by atoms with Crippen LogP contribution in [0.5, 0.6) is 5.75 Å². The van der Waals surface area contributed by atoms with E-state index in [1.807, 2.05) is 32.0 Å². The molecule has 3 aliphatic carbocycles. The van der Waals surface area contributed by atoms with Gasteiger partial charge in [-0.15, -0.1) is 0 Å². The number of benzene rings is 1. The molecular weight excluding hydrogens is 284 g/mol. The number of carbonyl (C=O) groups is 1. The molecule has 0 aromatic heterocycles. The Labute approximate surface area is 139 Å². The largest absolute Gasteiger partial charge is 0.423 e. The Kier molecular flexibility index (Phi) is 4.18. The van der Waals surface area contributed by atoms with E-state index in [-0.39, 0.29) is 11.9 Å². The number of ether oxygens (including phenoxy) is 1. The van der Waals surface area contributed by atoms with E-state index in [0.29, 0.717) is 23.5 Å². The fourth-order valence-electron chi connectivity index (χ4n) is 4.01. The van der Waals surface area contributed by atoms with Gasteiger partial charge in [0, 0.05) is 11.5 Å². The SMILES string of the molecule is CC1=CC2C(C(=O)Oc3c(C)cccc3C)=C[C@@H]1CC2C(C)C. The highest BCUT2D eigenvalue weighted by atomic mass is 16.5. The Morgan fingerprint density at radius 2 is 1.78 bits per heavy atom. The van der Waals surface area contributed by atoms with Crippen molar-refractivity contribution >= 4 is 5.97 Å². The van der Waals surface area contributed by atoms with Crippen molar-refractivity contribution in [3.05, 3.63) is 52.6 Å². The summed E-state index contributed by atoms with van der Waals surface area (Å²) in [5.41, 5.74) is 4.27. The second-order valence-electron chi connectivity index (χ2n) is 7.42. The number of hydrogen-bond acceptors (Lipinski definition) is 2. The number of fused-ring (bicyclic) bond motifs is 1. The Balaban J connectivity index is 1.87. The molecule has 0 radical (unpaired) electrons. The molecule has 122 valence electrons. The topological polar surface area (TPSA) is 26.3 Å². The highest BCUT2D eigenvalue weighted by molar-refractivity contribution is 5.92. The average molecular weight is 310 g/mol. The van der Waals surface area contributed by atoms with Crippen LogP contribution >= 0.6 is 0 Å². The van der Waals surface area contributed by atoms with Crippen molar-refractivity contribution in [2.45, 2.75) is 41.0 Å². The van der Waals surface area contributed by atoms with Crippen LogP contribution in [0.4, 0.5) is 0 Å². The zero-order valence-corrected chi connectivity index (χ0v) is 14.7. The quantitative estimate of drug-likeness (QED) is 0.446. The van der Waals surface area contributed by atoms with Crippen LogP contribution in [0.2, 0.25) is 0 Å². The smallest absolute Gasteiger partial charge is 0.339 e. The molecule has 3 atom stereocenters. The maximum Gasteiger partial charge on any atom is 0.339 e. The first-order valence-corrected chi connectivity index (χ1v) is 8.57. The summed E-state index contributed by atoms with van der Waals surface area (Å²) in [5, 5.41) is 0. The monoisotopic (exact) mass is 310 g/mol. The molecule has 0 saturated carbocycles. The van der Waals surface area contributed by atoms with Crippen LogP contribution in [0.3, 0.4) is 0 Å². The van der Waals surface area contributed by atoms with E-state index in [1.165, 1.54) is 5.57 Å². The summed E-state index contributed by atoms with van der Waals surface area (Å²) in [6.45, 7) is 10.7. The van der Waals surface area contributed by atoms with Gasteiger partial charge < -0.3 is 4.74 Å². The minimum Gasteiger partial charge on any atom is -0.423 e. The Morgan fingerprint density at radius 3 is 2.35 bits per heavy atom. The first-order chi connectivity index (χ1) is 10.9. The van der Waals surface area contributed by atoms with E-state index < -0.39 is 0 Å². The Morgan fingerprint density at radius 1 is 1.13 bits per heavy atom. The molecular formula is C21H26O2. The molecule has 23 heavy (non-hydrogen) atoms. The highest BCUT2D eigenvalue weighted by Crippen LogP contribution is 2.46. The molecule has 2 nitrogen and oxygen atoms in total. The molecule has 1 aromatic rings. The standard InChI is InChI=1S/C21H26O2/c1-12(2)17-10-16-11-19(18(17)9-15(16)5)21(22)23-20-13(3)7-6-8-14(20)4/h6-9,11-12,16-18H,10H2,1-5H3/t16-,17?,18?/m0/s1. The van der Waals surface area contributed by atoms with Crippen LogP contribution in [0, 0.1) is 37.5 Å². The average Bonchev–Trinajstić information content (AvgIpc) is 2.50. The van der Waals surface area contributed by atoms with E-state index in [4.69, 9.17) is 4.74 Å². The lowest BCUT2D eigenvalue weighted by atomic mass is 9.63. The molecule has 0 amide bonds. The van der Waals surface area contributed by atoms with Crippen LogP contribution in [0.1, 0.15) is 38.3 Å². The number of hydrogen-bond donors (Lipinski definition) is 0. The number of para-hydroxylation sites is 1. The minimum absolute atomic E-state index is 0.175. The second-order valence-corrected chi connectivity index (χ2v) is 7.42. The molecule has 2 unspecified atom stereocenters. The van der Waals surface area contributed by atoms with Crippen LogP contribution in [0.15, 0.2) is 41.5 Å². The van der Waals surface area contributed by atoms with Gasteiger partial charge in [-0.25, -0.2) is 4.79 Å². The van der Waals surface area contributed by atoms with Gasteiger partial charge in [0.2, 0.25) is 0 Å². The predicted octanol–water partition coefficient (Wildman–Crippen LogP) is 5.00. The van der Waals surface area contributed by atoms with Crippen LogP contribution < -0.4 is 4.74 Å². The fourth-order valence-corrected chi connectivity index (χ4v) is 4.01. The predicted molar refractivity (Wildman–Crippen MR) is 93.3 cm³/mol. The molecule has 0 spiro atoms. The highest BCUT2D eigenvalue weighted by Gasteiger charge is 2.40. The van der Waals surface area contributed by atoms with E-state index in [9.17, 15) is 4.79 Å². The Bertz CT molecular complexity index is 674. The third-order valence-electron chi connectivity index (χ3n) is 5.45. The summed E-state index contributed by atoms with van der Waals surface area (Å²) in [7, 11) is 0. The lowest BCUT2D eigenvalue weighted by Gasteiger charge is -2.41. The summed E-state index contributed by atoms with van der Waals surface area (Å²) in [4.78, 5) is 12.8. The molecule has 2 bridgehead atoms. The van der Waals surface area contributed by atoms with Crippen LogP contribution in [-0.4, -0.2) is 5.97 Å². The van der Waals surface area contributed by atoms with Crippen LogP contribution in [0.25, 0.3) is 0 Å². The van der Waals surface area contributed by atoms with Crippen molar-refractivity contribution in [1.29, 1.82) is 0 Å². The zero-order chi connectivity index (χ0) is 16.7.